The van der Waals surface area contributed by atoms with Crippen LogP contribution in [0, 0.1) is 19.8 Å². The van der Waals surface area contributed by atoms with Crippen LogP contribution in [-0.4, -0.2) is 32.4 Å². The van der Waals surface area contributed by atoms with Gasteiger partial charge in [0.15, 0.2) is 0 Å². The Hall–Kier alpha value is -1.07. The Morgan fingerprint density at radius 1 is 1.20 bits per heavy atom. The summed E-state index contributed by atoms with van der Waals surface area (Å²) in [5.74, 6) is 0.576. The zero-order valence-electron chi connectivity index (χ0n) is 12.3. The van der Waals surface area contributed by atoms with Gasteiger partial charge in [-0.1, -0.05) is 0 Å². The first kappa shape index (κ1) is 13.9. The molecule has 5 heteroatoms. The summed E-state index contributed by atoms with van der Waals surface area (Å²) < 4.78 is 27.7. The zero-order valence-corrected chi connectivity index (χ0v) is 13.1. The van der Waals surface area contributed by atoms with E-state index in [-0.39, 0.29) is 6.04 Å². The van der Waals surface area contributed by atoms with Gasteiger partial charge < -0.3 is 5.32 Å². The van der Waals surface area contributed by atoms with E-state index in [0.29, 0.717) is 17.4 Å². The van der Waals surface area contributed by atoms with Gasteiger partial charge in [0, 0.05) is 25.3 Å². The van der Waals surface area contributed by atoms with Crippen LogP contribution in [0.1, 0.15) is 30.4 Å². The average Bonchev–Trinajstić information content (AvgIpc) is 2.99. The van der Waals surface area contributed by atoms with Gasteiger partial charge in [-0.15, -0.1) is 0 Å². The van der Waals surface area contributed by atoms with Crippen LogP contribution < -0.4 is 5.32 Å². The molecule has 1 saturated carbocycles. The molecule has 1 aromatic rings. The molecular formula is C15H22N2O2S. The Kier molecular flexibility index (Phi) is 3.29. The second kappa shape index (κ2) is 4.74. The molecule has 0 spiro atoms. The predicted molar refractivity (Wildman–Crippen MR) is 80.5 cm³/mol. The first-order valence-electron chi connectivity index (χ1n) is 7.24. The summed E-state index contributed by atoms with van der Waals surface area (Å²) >= 11 is 0. The number of aryl methyl sites for hydroxylation is 2. The molecular weight excluding hydrogens is 272 g/mol. The van der Waals surface area contributed by atoms with Gasteiger partial charge in [-0.3, -0.25) is 0 Å². The zero-order chi connectivity index (χ0) is 14.5. The van der Waals surface area contributed by atoms with Crippen molar-refractivity contribution in [2.45, 2.75) is 44.0 Å². The van der Waals surface area contributed by atoms with Crippen molar-refractivity contribution < 1.29 is 8.42 Å². The minimum absolute atomic E-state index is 0.229. The molecule has 0 amide bonds. The summed E-state index contributed by atoms with van der Waals surface area (Å²) in [7, 11) is -1.50. The van der Waals surface area contributed by atoms with Crippen LogP contribution in [0.3, 0.4) is 0 Å². The molecule has 0 radical (unpaired) electrons. The van der Waals surface area contributed by atoms with Crippen LogP contribution in [0.25, 0.3) is 0 Å². The third-order valence-corrected chi connectivity index (χ3v) is 6.90. The number of nitrogens with zero attached hydrogens (tertiary/aromatic N) is 1. The van der Waals surface area contributed by atoms with Crippen LogP contribution >= 0.6 is 0 Å². The van der Waals surface area contributed by atoms with E-state index in [9.17, 15) is 8.42 Å². The lowest BCUT2D eigenvalue weighted by Crippen LogP contribution is -2.38. The van der Waals surface area contributed by atoms with Crippen LogP contribution in [0.15, 0.2) is 17.0 Å². The molecule has 2 bridgehead atoms. The molecule has 0 aromatic heterocycles. The highest BCUT2D eigenvalue weighted by Crippen LogP contribution is 2.41. The smallest absolute Gasteiger partial charge is 0.243 e. The number of benzene rings is 1. The Morgan fingerprint density at radius 2 is 1.85 bits per heavy atom. The first-order chi connectivity index (χ1) is 9.43. The maximum atomic E-state index is 13.0. The van der Waals surface area contributed by atoms with E-state index in [1.165, 1.54) is 6.42 Å². The molecule has 2 fully saturated rings. The van der Waals surface area contributed by atoms with Crippen LogP contribution in [0.2, 0.25) is 0 Å². The molecule has 2 unspecified atom stereocenters. The fourth-order valence-corrected chi connectivity index (χ4v) is 5.95. The van der Waals surface area contributed by atoms with Gasteiger partial charge in [0.1, 0.15) is 0 Å². The Morgan fingerprint density at radius 3 is 2.30 bits per heavy atom. The van der Waals surface area contributed by atoms with Gasteiger partial charge in [-0.2, -0.15) is 4.31 Å². The molecule has 2 atom stereocenters. The molecule has 110 valence electrons. The molecule has 4 nitrogen and oxygen atoms in total. The minimum atomic E-state index is -3.35. The second-order valence-electron chi connectivity index (χ2n) is 6.10. The molecule has 1 aliphatic heterocycles. The van der Waals surface area contributed by atoms with Crippen molar-refractivity contribution in [3.8, 4) is 0 Å². The van der Waals surface area contributed by atoms with Crippen molar-refractivity contribution in [2.24, 2.45) is 5.92 Å². The molecule has 1 aromatic carbocycles. The molecule has 1 heterocycles. The molecule has 1 N–H and O–H groups in total. The van der Waals surface area contributed by atoms with Crippen LogP contribution in [0.5, 0.6) is 0 Å². The molecule has 1 aliphatic carbocycles. The highest BCUT2D eigenvalue weighted by Gasteiger charge is 2.44. The number of rotatable bonds is 3. The van der Waals surface area contributed by atoms with Crippen molar-refractivity contribution in [3.05, 3.63) is 23.3 Å². The highest BCUT2D eigenvalue weighted by atomic mass is 32.2. The topological polar surface area (TPSA) is 49.4 Å². The molecule has 1 saturated heterocycles. The Bertz CT molecular complexity index is 616. The van der Waals surface area contributed by atoms with Crippen molar-refractivity contribution in [2.75, 3.05) is 18.9 Å². The SMILES string of the molecule is CNc1cc(C)c(S(=O)(=O)N2CC3CCC2C3)c(C)c1. The van der Waals surface area contributed by atoms with Gasteiger partial charge in [0.2, 0.25) is 10.0 Å². The van der Waals surface area contributed by atoms with Gasteiger partial charge in [0.25, 0.3) is 0 Å². The lowest BCUT2D eigenvalue weighted by molar-refractivity contribution is 0.333. The van der Waals surface area contributed by atoms with Crippen molar-refractivity contribution >= 4 is 15.7 Å². The summed E-state index contributed by atoms with van der Waals surface area (Å²) in [4.78, 5) is 0.504. The summed E-state index contributed by atoms with van der Waals surface area (Å²) in [5, 5.41) is 3.08. The fraction of sp³-hybridized carbons (Fsp3) is 0.600. The third kappa shape index (κ3) is 2.04. The maximum absolute atomic E-state index is 13.0. The Balaban J connectivity index is 2.04. The van der Waals surface area contributed by atoms with Crippen LogP contribution in [-0.2, 0) is 10.0 Å². The molecule has 20 heavy (non-hydrogen) atoms. The average molecular weight is 294 g/mol. The third-order valence-electron chi connectivity index (χ3n) is 4.67. The van der Waals surface area contributed by atoms with E-state index < -0.39 is 10.0 Å². The monoisotopic (exact) mass is 294 g/mol. The summed E-state index contributed by atoms with van der Waals surface area (Å²) in [6.07, 6.45) is 3.26. The van der Waals surface area contributed by atoms with E-state index >= 15 is 0 Å². The number of fused-ring (bicyclic) bond motifs is 2. The molecule has 2 aliphatic rings. The van der Waals surface area contributed by atoms with E-state index in [2.05, 4.69) is 5.32 Å². The lowest BCUT2D eigenvalue weighted by atomic mass is 10.1. The van der Waals surface area contributed by atoms with E-state index in [0.717, 1.165) is 29.7 Å². The first-order valence-corrected chi connectivity index (χ1v) is 8.68. The normalized spacial score (nSPS) is 26.1. The summed E-state index contributed by atoms with van der Waals surface area (Å²) in [6, 6.07) is 4.05. The molecule has 3 rings (SSSR count). The largest absolute Gasteiger partial charge is 0.388 e. The highest BCUT2D eigenvalue weighted by molar-refractivity contribution is 7.89. The Labute approximate surface area is 121 Å². The number of piperidine rings is 1. The minimum Gasteiger partial charge on any atom is -0.388 e. The van der Waals surface area contributed by atoms with Crippen molar-refractivity contribution in [3.63, 3.8) is 0 Å². The number of nitrogens with one attached hydrogen (secondary N) is 1. The van der Waals surface area contributed by atoms with E-state index in [1.807, 2.05) is 33.0 Å². The van der Waals surface area contributed by atoms with E-state index in [4.69, 9.17) is 0 Å². The number of anilines is 1. The van der Waals surface area contributed by atoms with Crippen molar-refractivity contribution in [1.82, 2.24) is 4.31 Å². The van der Waals surface area contributed by atoms with Gasteiger partial charge in [-0.25, -0.2) is 8.42 Å². The van der Waals surface area contributed by atoms with Crippen molar-refractivity contribution in [1.29, 1.82) is 0 Å². The van der Waals surface area contributed by atoms with Gasteiger partial charge in [0.05, 0.1) is 4.90 Å². The fourth-order valence-electron chi connectivity index (χ4n) is 3.79. The van der Waals surface area contributed by atoms with Gasteiger partial charge in [-0.05, 0) is 62.3 Å². The van der Waals surface area contributed by atoms with Gasteiger partial charge >= 0.3 is 0 Å². The number of hydrogen-bond donors (Lipinski definition) is 1. The maximum Gasteiger partial charge on any atom is 0.243 e. The lowest BCUT2D eigenvalue weighted by Gasteiger charge is -2.27. The quantitative estimate of drug-likeness (QED) is 0.932. The van der Waals surface area contributed by atoms with Crippen LogP contribution in [0.4, 0.5) is 5.69 Å². The predicted octanol–water partition coefficient (Wildman–Crippen LogP) is 2.52. The summed E-state index contributed by atoms with van der Waals surface area (Å²) in [5.41, 5.74) is 2.62. The second-order valence-corrected chi connectivity index (χ2v) is 7.92. The van der Waals surface area contributed by atoms with E-state index in [1.54, 1.807) is 4.31 Å². The summed E-state index contributed by atoms with van der Waals surface area (Å²) in [6.45, 7) is 4.48. The number of sulfonamides is 1. The standard InChI is InChI=1S/C15H22N2O2S/c1-10-6-13(16-3)7-11(2)15(10)20(18,19)17-9-12-4-5-14(17)8-12/h6-7,12,14,16H,4-5,8-9H2,1-3H3. The number of hydrogen-bond acceptors (Lipinski definition) is 3.